The largest absolute Gasteiger partial charge is 0.459 e. The maximum atomic E-state index is 5.89. The third-order valence-electron chi connectivity index (χ3n) is 3.75. The Morgan fingerprint density at radius 2 is 2.09 bits per heavy atom. The molecule has 4 rings (SSSR count). The fraction of sp³-hybridized carbons (Fsp3) is 0.188. The summed E-state index contributed by atoms with van der Waals surface area (Å²) in [6.07, 6.45) is 3.31. The Labute approximate surface area is 126 Å². The maximum absolute atomic E-state index is 5.89. The van der Waals surface area contributed by atoms with Crippen LogP contribution in [0.4, 0.5) is 5.82 Å². The van der Waals surface area contributed by atoms with Crippen LogP contribution < -0.4 is 5.32 Å². The molecular formula is C16H15N5O. The molecule has 110 valence electrons. The summed E-state index contributed by atoms with van der Waals surface area (Å²) in [5.74, 6) is 1.63. The highest BCUT2D eigenvalue weighted by molar-refractivity contribution is 5.86. The Morgan fingerprint density at radius 3 is 2.95 bits per heavy atom. The van der Waals surface area contributed by atoms with E-state index < -0.39 is 0 Å². The van der Waals surface area contributed by atoms with Crippen molar-refractivity contribution in [1.29, 1.82) is 0 Å². The van der Waals surface area contributed by atoms with Crippen molar-refractivity contribution < 1.29 is 4.42 Å². The van der Waals surface area contributed by atoms with Crippen LogP contribution in [0.3, 0.4) is 0 Å². The van der Waals surface area contributed by atoms with E-state index in [2.05, 4.69) is 26.4 Å². The van der Waals surface area contributed by atoms with Crippen LogP contribution in [0.25, 0.3) is 22.0 Å². The van der Waals surface area contributed by atoms with Crippen molar-refractivity contribution in [1.82, 2.24) is 19.7 Å². The lowest BCUT2D eigenvalue weighted by atomic mass is 10.2. The van der Waals surface area contributed by atoms with Crippen molar-refractivity contribution in [2.24, 2.45) is 7.05 Å². The summed E-state index contributed by atoms with van der Waals surface area (Å²) >= 11 is 0. The third kappa shape index (κ3) is 2.00. The minimum Gasteiger partial charge on any atom is -0.459 e. The molecule has 6 nitrogen and oxygen atoms in total. The summed E-state index contributed by atoms with van der Waals surface area (Å²) < 4.78 is 7.62. The first-order chi connectivity index (χ1) is 10.7. The van der Waals surface area contributed by atoms with Crippen LogP contribution in [0.2, 0.25) is 0 Å². The number of para-hydroxylation sites is 1. The van der Waals surface area contributed by atoms with E-state index in [0.717, 1.165) is 33.6 Å². The van der Waals surface area contributed by atoms with E-state index in [1.54, 1.807) is 10.9 Å². The highest BCUT2D eigenvalue weighted by Crippen LogP contribution is 2.27. The summed E-state index contributed by atoms with van der Waals surface area (Å²) in [5.41, 5.74) is 1.69. The van der Waals surface area contributed by atoms with Gasteiger partial charge in [0, 0.05) is 12.4 Å². The Hall–Kier alpha value is -2.89. The number of hydrogen-bond acceptors (Lipinski definition) is 5. The van der Waals surface area contributed by atoms with Gasteiger partial charge < -0.3 is 9.73 Å². The molecule has 0 unspecified atom stereocenters. The molecule has 0 radical (unpaired) electrons. The standard InChI is InChI=1S/C16H15N5O/c1-10(14-7-11-5-3-4-6-13(11)22-14)20-15-12-8-19-21(2)16(12)18-9-17-15/h3-10H,1-2H3,(H,17,18,20)/t10-/m0/s1. The summed E-state index contributed by atoms with van der Waals surface area (Å²) in [7, 11) is 1.86. The van der Waals surface area contributed by atoms with Gasteiger partial charge in [0.25, 0.3) is 0 Å². The van der Waals surface area contributed by atoms with Gasteiger partial charge in [0.2, 0.25) is 0 Å². The highest BCUT2D eigenvalue weighted by Gasteiger charge is 2.14. The number of furan rings is 1. The first-order valence-electron chi connectivity index (χ1n) is 7.10. The van der Waals surface area contributed by atoms with Crippen molar-refractivity contribution in [3.05, 3.63) is 48.6 Å². The molecular weight excluding hydrogens is 278 g/mol. The normalized spacial score (nSPS) is 12.8. The zero-order chi connectivity index (χ0) is 15.1. The lowest BCUT2D eigenvalue weighted by molar-refractivity contribution is 0.526. The van der Waals surface area contributed by atoms with Crippen molar-refractivity contribution in [3.63, 3.8) is 0 Å². The summed E-state index contributed by atoms with van der Waals surface area (Å²) in [6.45, 7) is 2.04. The van der Waals surface area contributed by atoms with E-state index in [0.29, 0.717) is 0 Å². The summed E-state index contributed by atoms with van der Waals surface area (Å²) in [5, 5.41) is 9.59. The van der Waals surface area contributed by atoms with Crippen molar-refractivity contribution >= 4 is 27.8 Å². The van der Waals surface area contributed by atoms with Gasteiger partial charge in [-0.05, 0) is 19.1 Å². The van der Waals surface area contributed by atoms with Crippen molar-refractivity contribution in [2.45, 2.75) is 13.0 Å². The van der Waals surface area contributed by atoms with E-state index in [1.807, 2.05) is 38.2 Å². The third-order valence-corrected chi connectivity index (χ3v) is 3.75. The fourth-order valence-electron chi connectivity index (χ4n) is 2.57. The van der Waals surface area contributed by atoms with Crippen molar-refractivity contribution in [2.75, 3.05) is 5.32 Å². The van der Waals surface area contributed by atoms with Gasteiger partial charge in [-0.3, -0.25) is 4.68 Å². The molecule has 0 aliphatic rings. The maximum Gasteiger partial charge on any atom is 0.163 e. The molecule has 0 amide bonds. The van der Waals surface area contributed by atoms with E-state index >= 15 is 0 Å². The first-order valence-corrected chi connectivity index (χ1v) is 7.10. The minimum atomic E-state index is -0.00861. The van der Waals surface area contributed by atoms with Gasteiger partial charge in [0.15, 0.2) is 5.65 Å². The lowest BCUT2D eigenvalue weighted by Gasteiger charge is -2.12. The molecule has 0 spiro atoms. The lowest BCUT2D eigenvalue weighted by Crippen LogP contribution is -2.07. The number of anilines is 1. The zero-order valence-corrected chi connectivity index (χ0v) is 12.3. The van der Waals surface area contributed by atoms with Gasteiger partial charge in [-0.15, -0.1) is 0 Å². The van der Waals surface area contributed by atoms with Crippen LogP contribution in [0.1, 0.15) is 18.7 Å². The predicted octanol–water partition coefficient (Wildman–Crippen LogP) is 3.28. The molecule has 0 bridgehead atoms. The number of nitrogens with zero attached hydrogens (tertiary/aromatic N) is 4. The molecule has 0 saturated heterocycles. The first kappa shape index (κ1) is 12.8. The second-order valence-corrected chi connectivity index (χ2v) is 5.28. The predicted molar refractivity (Wildman–Crippen MR) is 84.6 cm³/mol. The zero-order valence-electron chi connectivity index (χ0n) is 12.3. The van der Waals surface area contributed by atoms with E-state index in [1.165, 1.54) is 6.33 Å². The average molecular weight is 293 g/mol. The summed E-state index contributed by atoms with van der Waals surface area (Å²) in [4.78, 5) is 8.56. The van der Waals surface area contributed by atoms with Gasteiger partial charge in [0.1, 0.15) is 23.5 Å². The number of aryl methyl sites for hydroxylation is 1. The van der Waals surface area contributed by atoms with E-state index in [9.17, 15) is 0 Å². The molecule has 3 heterocycles. The van der Waals surface area contributed by atoms with Crippen LogP contribution in [0.5, 0.6) is 0 Å². The molecule has 0 saturated carbocycles. The topological polar surface area (TPSA) is 68.8 Å². The molecule has 1 atom stereocenters. The number of fused-ring (bicyclic) bond motifs is 2. The number of aromatic nitrogens is 4. The second-order valence-electron chi connectivity index (χ2n) is 5.28. The van der Waals surface area contributed by atoms with Gasteiger partial charge in [-0.1, -0.05) is 18.2 Å². The number of hydrogen-bond donors (Lipinski definition) is 1. The smallest absolute Gasteiger partial charge is 0.163 e. The molecule has 22 heavy (non-hydrogen) atoms. The molecule has 4 aromatic rings. The van der Waals surface area contributed by atoms with Crippen molar-refractivity contribution in [3.8, 4) is 0 Å². The monoisotopic (exact) mass is 293 g/mol. The van der Waals surface area contributed by atoms with Crippen LogP contribution >= 0.6 is 0 Å². The summed E-state index contributed by atoms with van der Waals surface area (Å²) in [6, 6.07) is 10.0. The quantitative estimate of drug-likeness (QED) is 0.627. The molecule has 0 aliphatic carbocycles. The van der Waals surface area contributed by atoms with Gasteiger partial charge in [-0.25, -0.2) is 9.97 Å². The highest BCUT2D eigenvalue weighted by atomic mass is 16.3. The number of rotatable bonds is 3. The number of nitrogens with one attached hydrogen (secondary N) is 1. The van der Waals surface area contributed by atoms with Crippen LogP contribution in [0.15, 0.2) is 47.3 Å². The van der Waals surface area contributed by atoms with E-state index in [4.69, 9.17) is 4.42 Å². The Kier molecular flexibility index (Phi) is 2.82. The van der Waals surface area contributed by atoms with Gasteiger partial charge in [0.05, 0.1) is 17.6 Å². The SMILES string of the molecule is C[C@H](Nc1ncnc2c1cnn2C)c1cc2ccccc2o1. The second kappa shape index (κ2) is 4.84. The van der Waals surface area contributed by atoms with Crippen LogP contribution in [-0.4, -0.2) is 19.7 Å². The number of benzene rings is 1. The molecule has 0 fully saturated rings. The molecule has 1 aromatic carbocycles. The van der Waals surface area contributed by atoms with Gasteiger partial charge >= 0.3 is 0 Å². The molecule has 0 aliphatic heterocycles. The molecule has 6 heteroatoms. The minimum absolute atomic E-state index is 0.00861. The Balaban J connectivity index is 1.69. The average Bonchev–Trinajstić information content (AvgIpc) is 3.12. The van der Waals surface area contributed by atoms with Gasteiger partial charge in [-0.2, -0.15) is 5.10 Å². The molecule has 1 N–H and O–H groups in total. The van der Waals surface area contributed by atoms with E-state index in [-0.39, 0.29) is 6.04 Å². The molecule has 3 aromatic heterocycles. The van der Waals surface area contributed by atoms with Crippen LogP contribution in [0, 0.1) is 0 Å². The fourth-order valence-corrected chi connectivity index (χ4v) is 2.57. The Bertz CT molecular complexity index is 922. The Morgan fingerprint density at radius 1 is 1.23 bits per heavy atom. The van der Waals surface area contributed by atoms with Crippen LogP contribution in [-0.2, 0) is 7.05 Å².